The maximum Gasteiger partial charge on any atom is 0.241 e. The minimum absolute atomic E-state index is 0.231. The Hall–Kier alpha value is -1.88. The van der Waals surface area contributed by atoms with Gasteiger partial charge < -0.3 is 4.90 Å². The summed E-state index contributed by atoms with van der Waals surface area (Å²) in [5.41, 5.74) is 4.93. The number of fused-ring (bicyclic) bond motifs is 1. The smallest absolute Gasteiger partial charge is 0.241 e. The van der Waals surface area contributed by atoms with E-state index >= 15 is 0 Å². The van der Waals surface area contributed by atoms with Gasteiger partial charge in [0.25, 0.3) is 0 Å². The molecule has 2 aliphatic heterocycles. The molecule has 142 valence electrons. The highest BCUT2D eigenvalue weighted by atomic mass is 35.5. The van der Waals surface area contributed by atoms with Crippen LogP contribution >= 0.6 is 11.6 Å². The highest BCUT2D eigenvalue weighted by molar-refractivity contribution is 6.30. The average molecular weight is 384 g/mol. The van der Waals surface area contributed by atoms with Crippen LogP contribution in [0.3, 0.4) is 0 Å². The van der Waals surface area contributed by atoms with Crippen LogP contribution in [0.5, 0.6) is 0 Å². The summed E-state index contributed by atoms with van der Waals surface area (Å²) in [5, 5.41) is 0.779. The molecule has 1 amide bonds. The molecule has 27 heavy (non-hydrogen) atoms. The van der Waals surface area contributed by atoms with Gasteiger partial charge in [-0.05, 0) is 42.2 Å². The van der Waals surface area contributed by atoms with Crippen LogP contribution in [-0.2, 0) is 17.8 Å². The maximum atomic E-state index is 12.9. The third-order valence-electron chi connectivity index (χ3n) is 5.64. The van der Waals surface area contributed by atoms with Gasteiger partial charge >= 0.3 is 0 Å². The van der Waals surface area contributed by atoms with Gasteiger partial charge in [-0.15, -0.1) is 0 Å². The Balaban J connectivity index is 1.30. The molecule has 5 heteroatoms. The molecular formula is C22H26ClN3O. The van der Waals surface area contributed by atoms with Crippen molar-refractivity contribution in [2.24, 2.45) is 0 Å². The molecule has 4 rings (SSSR count). The fourth-order valence-corrected chi connectivity index (χ4v) is 4.26. The quantitative estimate of drug-likeness (QED) is 0.810. The molecule has 0 aromatic heterocycles. The predicted octanol–water partition coefficient (Wildman–Crippen LogP) is 3.36. The molecule has 0 bridgehead atoms. The van der Waals surface area contributed by atoms with Crippen molar-refractivity contribution in [2.75, 3.05) is 44.2 Å². The Kier molecular flexibility index (Phi) is 5.48. The van der Waals surface area contributed by atoms with Crippen LogP contribution in [0, 0.1) is 6.92 Å². The van der Waals surface area contributed by atoms with Gasteiger partial charge in [-0.2, -0.15) is 0 Å². The predicted molar refractivity (Wildman–Crippen MR) is 110 cm³/mol. The zero-order valence-corrected chi connectivity index (χ0v) is 16.6. The molecule has 1 saturated heterocycles. The lowest BCUT2D eigenvalue weighted by molar-refractivity contribution is -0.120. The number of aryl methyl sites for hydroxylation is 1. The average Bonchev–Trinajstić information content (AvgIpc) is 3.11. The summed E-state index contributed by atoms with van der Waals surface area (Å²) in [5.74, 6) is 0.231. The third kappa shape index (κ3) is 4.18. The van der Waals surface area contributed by atoms with Gasteiger partial charge in [0, 0.05) is 50.0 Å². The number of rotatable bonds is 4. The van der Waals surface area contributed by atoms with E-state index in [-0.39, 0.29) is 5.91 Å². The third-order valence-corrected chi connectivity index (χ3v) is 5.89. The zero-order chi connectivity index (χ0) is 18.8. The summed E-state index contributed by atoms with van der Waals surface area (Å²) >= 11 is 5.96. The number of hydrogen-bond donors (Lipinski definition) is 0. The molecule has 0 unspecified atom stereocenters. The number of piperazine rings is 1. The van der Waals surface area contributed by atoms with Gasteiger partial charge in [0.05, 0.1) is 6.54 Å². The zero-order valence-electron chi connectivity index (χ0n) is 15.8. The first kappa shape index (κ1) is 18.5. The molecule has 0 atom stereocenters. The SMILES string of the molecule is Cc1cccc2c1N(C(=O)CN1CCN(Cc3ccc(Cl)cc3)CC1)CC2. The molecule has 0 aliphatic carbocycles. The molecule has 4 nitrogen and oxygen atoms in total. The Labute approximate surface area is 166 Å². The van der Waals surface area contributed by atoms with Crippen LogP contribution in [0.2, 0.25) is 5.02 Å². The fourth-order valence-electron chi connectivity index (χ4n) is 4.13. The van der Waals surface area contributed by atoms with E-state index in [2.05, 4.69) is 47.1 Å². The molecule has 0 spiro atoms. The van der Waals surface area contributed by atoms with E-state index in [0.29, 0.717) is 6.54 Å². The molecule has 0 radical (unpaired) electrons. The molecule has 2 aromatic carbocycles. The van der Waals surface area contributed by atoms with E-state index in [1.54, 1.807) is 0 Å². The summed E-state index contributed by atoms with van der Waals surface area (Å²) in [6.45, 7) is 8.23. The summed E-state index contributed by atoms with van der Waals surface area (Å²) < 4.78 is 0. The molecule has 2 heterocycles. The second kappa shape index (κ2) is 8.01. The van der Waals surface area contributed by atoms with Gasteiger partial charge in [0.1, 0.15) is 0 Å². The molecule has 2 aliphatic rings. The van der Waals surface area contributed by atoms with Crippen LogP contribution < -0.4 is 4.90 Å². The standard InChI is InChI=1S/C22H26ClN3O/c1-17-3-2-4-19-9-10-26(22(17)19)21(27)16-25-13-11-24(12-14-25)15-18-5-7-20(23)8-6-18/h2-8H,9-16H2,1H3. The van der Waals surface area contributed by atoms with Crippen molar-refractivity contribution in [2.45, 2.75) is 19.9 Å². The Bertz CT molecular complexity index is 813. The van der Waals surface area contributed by atoms with Crippen molar-refractivity contribution in [1.29, 1.82) is 0 Å². The highest BCUT2D eigenvalue weighted by Gasteiger charge is 2.28. The molecule has 2 aromatic rings. The van der Waals surface area contributed by atoms with E-state index in [1.165, 1.54) is 16.7 Å². The lowest BCUT2D eigenvalue weighted by Crippen LogP contribution is -2.49. The molecular weight excluding hydrogens is 358 g/mol. The van der Waals surface area contributed by atoms with Crippen LogP contribution in [0.4, 0.5) is 5.69 Å². The lowest BCUT2D eigenvalue weighted by atomic mass is 10.1. The second-order valence-electron chi connectivity index (χ2n) is 7.56. The minimum Gasteiger partial charge on any atom is -0.310 e. The monoisotopic (exact) mass is 383 g/mol. The van der Waals surface area contributed by atoms with E-state index < -0.39 is 0 Å². The van der Waals surface area contributed by atoms with Crippen molar-refractivity contribution >= 4 is 23.2 Å². The van der Waals surface area contributed by atoms with E-state index in [1.807, 2.05) is 17.0 Å². The number of para-hydroxylation sites is 1. The van der Waals surface area contributed by atoms with Crippen LogP contribution in [0.15, 0.2) is 42.5 Å². The first-order valence-corrected chi connectivity index (χ1v) is 10.1. The number of hydrogen-bond acceptors (Lipinski definition) is 3. The first-order chi connectivity index (χ1) is 13.1. The Morgan fingerprint density at radius 2 is 1.67 bits per heavy atom. The summed E-state index contributed by atoms with van der Waals surface area (Å²) in [6, 6.07) is 14.4. The number of benzene rings is 2. The normalized spacial score (nSPS) is 17.9. The first-order valence-electron chi connectivity index (χ1n) is 9.68. The molecule has 0 saturated carbocycles. The number of amides is 1. The van der Waals surface area contributed by atoms with Crippen molar-refractivity contribution in [3.8, 4) is 0 Å². The van der Waals surface area contributed by atoms with E-state index in [9.17, 15) is 4.79 Å². The topological polar surface area (TPSA) is 26.8 Å². The number of carbonyl (C=O) groups is 1. The van der Waals surface area contributed by atoms with E-state index in [0.717, 1.165) is 56.4 Å². The molecule has 1 fully saturated rings. The van der Waals surface area contributed by atoms with Crippen LogP contribution in [0.25, 0.3) is 0 Å². The number of carbonyl (C=O) groups excluding carboxylic acids is 1. The summed E-state index contributed by atoms with van der Waals surface area (Å²) in [7, 11) is 0. The van der Waals surface area contributed by atoms with Gasteiger partial charge in [-0.1, -0.05) is 41.9 Å². The van der Waals surface area contributed by atoms with Crippen molar-refractivity contribution < 1.29 is 4.79 Å². The van der Waals surface area contributed by atoms with Gasteiger partial charge in [-0.3, -0.25) is 14.6 Å². The lowest BCUT2D eigenvalue weighted by Gasteiger charge is -2.35. The Morgan fingerprint density at radius 3 is 2.41 bits per heavy atom. The highest BCUT2D eigenvalue weighted by Crippen LogP contribution is 2.31. The van der Waals surface area contributed by atoms with E-state index in [4.69, 9.17) is 11.6 Å². The summed E-state index contributed by atoms with van der Waals surface area (Å²) in [6.07, 6.45) is 0.970. The van der Waals surface area contributed by atoms with Gasteiger partial charge in [0.2, 0.25) is 5.91 Å². The minimum atomic E-state index is 0.231. The van der Waals surface area contributed by atoms with Crippen LogP contribution in [0.1, 0.15) is 16.7 Å². The Morgan fingerprint density at radius 1 is 0.963 bits per heavy atom. The largest absolute Gasteiger partial charge is 0.310 e. The van der Waals surface area contributed by atoms with Gasteiger partial charge in [0.15, 0.2) is 0 Å². The second-order valence-corrected chi connectivity index (χ2v) is 7.99. The van der Waals surface area contributed by atoms with Crippen LogP contribution in [-0.4, -0.2) is 55.0 Å². The maximum absolute atomic E-state index is 12.9. The number of halogens is 1. The van der Waals surface area contributed by atoms with Gasteiger partial charge in [-0.25, -0.2) is 0 Å². The molecule has 0 N–H and O–H groups in total. The van der Waals surface area contributed by atoms with Crippen molar-refractivity contribution in [3.63, 3.8) is 0 Å². The number of anilines is 1. The number of nitrogens with zero attached hydrogens (tertiary/aromatic N) is 3. The van der Waals surface area contributed by atoms with Crippen molar-refractivity contribution in [1.82, 2.24) is 9.80 Å². The van der Waals surface area contributed by atoms with Crippen molar-refractivity contribution in [3.05, 3.63) is 64.2 Å². The summed E-state index contributed by atoms with van der Waals surface area (Å²) in [4.78, 5) is 19.6. The fraction of sp³-hybridized carbons (Fsp3) is 0.409.